The molecule has 0 fully saturated rings. The van der Waals surface area contributed by atoms with Crippen molar-refractivity contribution in [2.24, 2.45) is 0 Å². The molecule has 16 heavy (non-hydrogen) atoms. The predicted octanol–water partition coefficient (Wildman–Crippen LogP) is 2.12. The van der Waals surface area contributed by atoms with Gasteiger partial charge in [0.05, 0.1) is 0 Å². The summed E-state index contributed by atoms with van der Waals surface area (Å²) in [6.07, 6.45) is 0.433. The number of hydrogen-bond donors (Lipinski definition) is 0. The van der Waals surface area contributed by atoms with Gasteiger partial charge in [-0.3, -0.25) is 4.79 Å². The molecule has 0 amide bonds. The van der Waals surface area contributed by atoms with Crippen LogP contribution in [0.15, 0.2) is 24.3 Å². The predicted molar refractivity (Wildman–Crippen MR) is 62.3 cm³/mol. The summed E-state index contributed by atoms with van der Waals surface area (Å²) in [6.45, 7) is 2.04. The Kier molecular flexibility index (Phi) is 5.15. The van der Waals surface area contributed by atoms with E-state index < -0.39 is 6.29 Å². The highest BCUT2D eigenvalue weighted by Gasteiger charge is 2.15. The van der Waals surface area contributed by atoms with Crippen LogP contribution in [0, 0.1) is 6.92 Å². The quantitative estimate of drug-likeness (QED) is 0.691. The molecule has 0 saturated carbocycles. The minimum Gasteiger partial charge on any atom is -0.349 e. The molecule has 3 nitrogen and oxygen atoms in total. The summed E-state index contributed by atoms with van der Waals surface area (Å²) in [5, 5.41) is 0. The van der Waals surface area contributed by atoms with Crippen LogP contribution in [0.5, 0.6) is 0 Å². The van der Waals surface area contributed by atoms with Gasteiger partial charge in [0.1, 0.15) is 0 Å². The van der Waals surface area contributed by atoms with Crippen LogP contribution in [0.2, 0.25) is 0 Å². The molecular formula is C13H18O3. The average Bonchev–Trinajstić information content (AvgIpc) is 2.30. The summed E-state index contributed by atoms with van der Waals surface area (Å²) >= 11 is 0. The molecule has 88 valence electrons. The molecule has 0 atom stereocenters. The average molecular weight is 222 g/mol. The maximum atomic E-state index is 11.6. The highest BCUT2D eigenvalue weighted by atomic mass is 16.7. The first-order valence-corrected chi connectivity index (χ1v) is 5.31. The Morgan fingerprint density at radius 2 is 1.75 bits per heavy atom. The summed E-state index contributed by atoms with van der Waals surface area (Å²) in [6, 6.07) is 8.17. The fraction of sp³-hybridized carbons (Fsp3) is 0.462. The van der Waals surface area contributed by atoms with Gasteiger partial charge in [-0.15, -0.1) is 0 Å². The van der Waals surface area contributed by atoms with Crippen LogP contribution >= 0.6 is 0 Å². The summed E-state index contributed by atoms with van der Waals surface area (Å²) < 4.78 is 9.79. The van der Waals surface area contributed by atoms with E-state index >= 15 is 0 Å². The van der Waals surface area contributed by atoms with E-state index in [4.69, 9.17) is 9.47 Å². The maximum Gasteiger partial charge on any atom is 0.217 e. The largest absolute Gasteiger partial charge is 0.349 e. The second kappa shape index (κ2) is 6.40. The Bertz CT molecular complexity index is 326. The SMILES string of the molecule is COC(OC)C(=O)CCc1ccc(C)cc1. The van der Waals surface area contributed by atoms with E-state index in [1.165, 1.54) is 19.8 Å². The van der Waals surface area contributed by atoms with Crippen LogP contribution in [0.3, 0.4) is 0 Å². The fourth-order valence-corrected chi connectivity index (χ4v) is 1.50. The van der Waals surface area contributed by atoms with Gasteiger partial charge in [0.2, 0.25) is 6.29 Å². The molecule has 1 rings (SSSR count). The van der Waals surface area contributed by atoms with Crippen molar-refractivity contribution in [2.45, 2.75) is 26.1 Å². The summed E-state index contributed by atoms with van der Waals surface area (Å²) in [5.41, 5.74) is 2.38. The van der Waals surface area contributed by atoms with E-state index in [1.54, 1.807) is 0 Å². The zero-order chi connectivity index (χ0) is 12.0. The first kappa shape index (κ1) is 12.9. The summed E-state index contributed by atoms with van der Waals surface area (Å²) in [4.78, 5) is 11.6. The van der Waals surface area contributed by atoms with Crippen LogP contribution in [0.4, 0.5) is 0 Å². The number of rotatable bonds is 6. The molecule has 0 aliphatic heterocycles. The number of carbonyl (C=O) groups is 1. The van der Waals surface area contributed by atoms with E-state index in [1.807, 2.05) is 31.2 Å². The lowest BCUT2D eigenvalue weighted by Crippen LogP contribution is -2.25. The van der Waals surface area contributed by atoms with Crippen molar-refractivity contribution in [3.63, 3.8) is 0 Å². The Morgan fingerprint density at radius 1 is 1.19 bits per heavy atom. The first-order chi connectivity index (χ1) is 7.67. The smallest absolute Gasteiger partial charge is 0.217 e. The number of benzene rings is 1. The standard InChI is InChI=1S/C13H18O3/c1-10-4-6-11(7-5-10)8-9-12(14)13(15-2)16-3/h4-7,13H,8-9H2,1-3H3. The molecule has 0 radical (unpaired) electrons. The zero-order valence-electron chi connectivity index (χ0n) is 10.0. The normalized spacial score (nSPS) is 10.8. The zero-order valence-corrected chi connectivity index (χ0v) is 10.0. The van der Waals surface area contributed by atoms with Crippen molar-refractivity contribution in [2.75, 3.05) is 14.2 Å². The topological polar surface area (TPSA) is 35.5 Å². The minimum absolute atomic E-state index is 0.0226. The van der Waals surface area contributed by atoms with Gasteiger partial charge in [-0.25, -0.2) is 0 Å². The number of ether oxygens (including phenoxy) is 2. The minimum atomic E-state index is -0.731. The second-order valence-corrected chi connectivity index (χ2v) is 3.76. The molecule has 0 N–H and O–H groups in total. The molecule has 0 saturated heterocycles. The maximum absolute atomic E-state index is 11.6. The van der Waals surface area contributed by atoms with Gasteiger partial charge in [0.15, 0.2) is 5.78 Å². The Balaban J connectivity index is 2.45. The van der Waals surface area contributed by atoms with Crippen LogP contribution in [0.25, 0.3) is 0 Å². The fourth-order valence-electron chi connectivity index (χ4n) is 1.50. The molecule has 1 aromatic rings. The third-order valence-corrected chi connectivity index (χ3v) is 2.47. The first-order valence-electron chi connectivity index (χ1n) is 5.31. The van der Waals surface area contributed by atoms with Crippen LogP contribution in [-0.4, -0.2) is 26.3 Å². The van der Waals surface area contributed by atoms with E-state index in [0.717, 1.165) is 12.0 Å². The summed E-state index contributed by atoms with van der Waals surface area (Å²) in [5.74, 6) is -0.0226. The molecule has 0 spiro atoms. The van der Waals surface area contributed by atoms with Crippen molar-refractivity contribution in [3.05, 3.63) is 35.4 Å². The van der Waals surface area contributed by atoms with Crippen LogP contribution in [-0.2, 0) is 20.7 Å². The third-order valence-electron chi connectivity index (χ3n) is 2.47. The Hall–Kier alpha value is -1.19. The van der Waals surface area contributed by atoms with Crippen molar-refractivity contribution in [3.8, 4) is 0 Å². The molecule has 1 aromatic carbocycles. The number of hydrogen-bond acceptors (Lipinski definition) is 3. The highest BCUT2D eigenvalue weighted by Crippen LogP contribution is 2.07. The lowest BCUT2D eigenvalue weighted by Gasteiger charge is -2.11. The van der Waals surface area contributed by atoms with Gasteiger partial charge in [0.25, 0.3) is 0 Å². The van der Waals surface area contributed by atoms with Crippen molar-refractivity contribution in [1.29, 1.82) is 0 Å². The van der Waals surface area contributed by atoms with E-state index in [2.05, 4.69) is 0 Å². The lowest BCUT2D eigenvalue weighted by molar-refractivity contribution is -0.156. The van der Waals surface area contributed by atoms with Crippen molar-refractivity contribution >= 4 is 5.78 Å². The molecule has 3 heteroatoms. The molecular weight excluding hydrogens is 204 g/mol. The number of aryl methyl sites for hydroxylation is 2. The number of Topliss-reactive ketones (excluding diaryl/α,β-unsaturated/α-hetero) is 1. The molecule has 0 aliphatic carbocycles. The van der Waals surface area contributed by atoms with Gasteiger partial charge in [-0.05, 0) is 18.9 Å². The van der Waals surface area contributed by atoms with E-state index in [9.17, 15) is 4.79 Å². The van der Waals surface area contributed by atoms with Gasteiger partial charge in [-0.1, -0.05) is 29.8 Å². The van der Waals surface area contributed by atoms with Gasteiger partial charge < -0.3 is 9.47 Å². The van der Waals surface area contributed by atoms with Crippen LogP contribution < -0.4 is 0 Å². The molecule has 0 aromatic heterocycles. The monoisotopic (exact) mass is 222 g/mol. The van der Waals surface area contributed by atoms with Crippen molar-refractivity contribution in [1.82, 2.24) is 0 Å². The van der Waals surface area contributed by atoms with Gasteiger partial charge >= 0.3 is 0 Å². The van der Waals surface area contributed by atoms with Gasteiger partial charge in [-0.2, -0.15) is 0 Å². The van der Waals surface area contributed by atoms with Crippen LogP contribution in [0.1, 0.15) is 17.5 Å². The van der Waals surface area contributed by atoms with Crippen molar-refractivity contribution < 1.29 is 14.3 Å². The molecule has 0 aliphatic rings. The number of methoxy groups -OCH3 is 2. The lowest BCUT2D eigenvalue weighted by atomic mass is 10.1. The Morgan fingerprint density at radius 3 is 2.25 bits per heavy atom. The molecule has 0 bridgehead atoms. The molecule has 0 unspecified atom stereocenters. The van der Waals surface area contributed by atoms with E-state index in [-0.39, 0.29) is 5.78 Å². The second-order valence-electron chi connectivity index (χ2n) is 3.76. The highest BCUT2D eigenvalue weighted by molar-refractivity contribution is 5.82. The molecule has 0 heterocycles. The summed E-state index contributed by atoms with van der Waals surface area (Å²) in [7, 11) is 2.94. The number of carbonyl (C=O) groups excluding carboxylic acids is 1. The number of ketones is 1. The van der Waals surface area contributed by atoms with E-state index in [0.29, 0.717) is 6.42 Å². The van der Waals surface area contributed by atoms with Gasteiger partial charge in [0, 0.05) is 20.6 Å². The Labute approximate surface area is 96.4 Å². The third kappa shape index (κ3) is 3.76.